The van der Waals surface area contributed by atoms with Gasteiger partial charge in [-0.2, -0.15) is 5.10 Å². The fraction of sp³-hybridized carbons (Fsp3) is 0.600. The van der Waals surface area contributed by atoms with E-state index in [1.54, 1.807) is 0 Å². The van der Waals surface area contributed by atoms with Crippen LogP contribution in [-0.2, 0) is 12.8 Å². The minimum atomic E-state index is 0.509. The molecular weight excluding hydrogens is 258 g/mol. The van der Waals surface area contributed by atoms with Crippen LogP contribution in [0.5, 0.6) is 0 Å². The molecule has 0 aromatic carbocycles. The van der Waals surface area contributed by atoms with Crippen LogP contribution in [-0.4, -0.2) is 14.6 Å². The standard InChI is InChI=1S/C15H20ClN3/c1-3-10(4-2)13-9-14-17-12-8-6-5-7-11(12)15(16)19(14)18-13/h9-10H,3-8H2,1-2H3. The third-order valence-electron chi connectivity index (χ3n) is 4.24. The highest BCUT2D eigenvalue weighted by molar-refractivity contribution is 6.30. The molecular formula is C15H20ClN3. The third-order valence-corrected chi connectivity index (χ3v) is 4.62. The van der Waals surface area contributed by atoms with E-state index >= 15 is 0 Å². The Morgan fingerprint density at radius 1 is 1.26 bits per heavy atom. The van der Waals surface area contributed by atoms with Crippen LogP contribution in [0.1, 0.15) is 62.4 Å². The van der Waals surface area contributed by atoms with Gasteiger partial charge in [0.2, 0.25) is 0 Å². The number of aromatic nitrogens is 3. The molecule has 0 saturated heterocycles. The van der Waals surface area contributed by atoms with Gasteiger partial charge in [-0.3, -0.25) is 0 Å². The summed E-state index contributed by atoms with van der Waals surface area (Å²) in [6, 6.07) is 2.11. The summed E-state index contributed by atoms with van der Waals surface area (Å²) in [5.74, 6) is 0.509. The van der Waals surface area contributed by atoms with E-state index in [0.717, 1.165) is 42.2 Å². The lowest BCUT2D eigenvalue weighted by Gasteiger charge is -2.16. The van der Waals surface area contributed by atoms with E-state index in [-0.39, 0.29) is 0 Å². The number of hydrogen-bond donors (Lipinski definition) is 0. The Labute approximate surface area is 119 Å². The van der Waals surface area contributed by atoms with Gasteiger partial charge in [-0.05, 0) is 38.5 Å². The van der Waals surface area contributed by atoms with Crippen LogP contribution >= 0.6 is 11.6 Å². The number of hydrogen-bond acceptors (Lipinski definition) is 2. The number of nitrogens with zero attached hydrogens (tertiary/aromatic N) is 3. The van der Waals surface area contributed by atoms with Gasteiger partial charge >= 0.3 is 0 Å². The van der Waals surface area contributed by atoms with Crippen molar-refractivity contribution in [1.29, 1.82) is 0 Å². The highest BCUT2D eigenvalue weighted by atomic mass is 35.5. The van der Waals surface area contributed by atoms with E-state index in [9.17, 15) is 0 Å². The summed E-state index contributed by atoms with van der Waals surface area (Å²) in [4.78, 5) is 4.76. The largest absolute Gasteiger partial charge is 0.233 e. The van der Waals surface area contributed by atoms with Gasteiger partial charge in [0.1, 0.15) is 5.15 Å². The Bertz CT molecular complexity index is 599. The second kappa shape index (κ2) is 5.12. The van der Waals surface area contributed by atoms with Gasteiger partial charge < -0.3 is 0 Å². The maximum atomic E-state index is 6.52. The molecule has 0 unspecified atom stereocenters. The molecule has 0 N–H and O–H groups in total. The lowest BCUT2D eigenvalue weighted by Crippen LogP contribution is -2.09. The van der Waals surface area contributed by atoms with Gasteiger partial charge in [-0.1, -0.05) is 25.4 Å². The zero-order valence-corrected chi connectivity index (χ0v) is 12.4. The van der Waals surface area contributed by atoms with Crippen LogP contribution in [0.25, 0.3) is 5.65 Å². The lowest BCUT2D eigenvalue weighted by molar-refractivity contribution is 0.614. The highest BCUT2D eigenvalue weighted by Crippen LogP contribution is 2.29. The maximum Gasteiger partial charge on any atom is 0.157 e. The van der Waals surface area contributed by atoms with Crippen molar-refractivity contribution < 1.29 is 0 Å². The van der Waals surface area contributed by atoms with Crippen molar-refractivity contribution in [2.24, 2.45) is 0 Å². The fourth-order valence-electron chi connectivity index (χ4n) is 3.02. The predicted molar refractivity (Wildman–Crippen MR) is 78.0 cm³/mol. The Hall–Kier alpha value is -1.09. The minimum Gasteiger partial charge on any atom is -0.233 e. The zero-order chi connectivity index (χ0) is 13.4. The van der Waals surface area contributed by atoms with Crippen molar-refractivity contribution in [2.45, 2.75) is 58.3 Å². The fourth-order valence-corrected chi connectivity index (χ4v) is 3.35. The summed E-state index contributed by atoms with van der Waals surface area (Å²) in [6.07, 6.45) is 6.74. The Kier molecular flexibility index (Phi) is 3.48. The monoisotopic (exact) mass is 277 g/mol. The first-order valence-electron chi connectivity index (χ1n) is 7.31. The number of rotatable bonds is 3. The van der Waals surface area contributed by atoms with Crippen LogP contribution in [0.4, 0.5) is 0 Å². The summed E-state index contributed by atoms with van der Waals surface area (Å²) >= 11 is 6.52. The molecule has 19 heavy (non-hydrogen) atoms. The Morgan fingerprint density at radius 2 is 2.00 bits per heavy atom. The van der Waals surface area contributed by atoms with Crippen LogP contribution in [0.3, 0.4) is 0 Å². The topological polar surface area (TPSA) is 30.2 Å². The number of halogens is 1. The van der Waals surface area contributed by atoms with E-state index in [2.05, 4.69) is 25.0 Å². The van der Waals surface area contributed by atoms with Crippen molar-refractivity contribution >= 4 is 17.2 Å². The normalized spacial score (nSPS) is 15.2. The van der Waals surface area contributed by atoms with Crippen molar-refractivity contribution in [3.05, 3.63) is 28.2 Å². The summed E-state index contributed by atoms with van der Waals surface area (Å²) in [5.41, 5.74) is 4.42. The lowest BCUT2D eigenvalue weighted by atomic mass is 9.97. The minimum absolute atomic E-state index is 0.509. The van der Waals surface area contributed by atoms with Gasteiger partial charge in [0.15, 0.2) is 5.65 Å². The quantitative estimate of drug-likeness (QED) is 0.789. The molecule has 3 nitrogen and oxygen atoms in total. The van der Waals surface area contributed by atoms with Gasteiger partial charge in [0.25, 0.3) is 0 Å². The average molecular weight is 278 g/mol. The molecule has 2 aromatic rings. The summed E-state index contributed by atoms with van der Waals surface area (Å²) in [6.45, 7) is 4.41. The van der Waals surface area contributed by atoms with Crippen molar-refractivity contribution in [2.75, 3.05) is 0 Å². The molecule has 0 saturated carbocycles. The third kappa shape index (κ3) is 2.14. The summed E-state index contributed by atoms with van der Waals surface area (Å²) < 4.78 is 1.83. The molecule has 1 aliphatic rings. The molecule has 0 radical (unpaired) electrons. The first-order chi connectivity index (χ1) is 9.24. The van der Waals surface area contributed by atoms with Crippen molar-refractivity contribution in [1.82, 2.24) is 14.6 Å². The number of aryl methyl sites for hydroxylation is 1. The molecule has 2 heterocycles. The molecule has 0 amide bonds. The second-order valence-electron chi connectivity index (χ2n) is 5.39. The van der Waals surface area contributed by atoms with Gasteiger partial charge in [-0.25, -0.2) is 9.50 Å². The highest BCUT2D eigenvalue weighted by Gasteiger charge is 2.20. The Morgan fingerprint density at radius 3 is 2.74 bits per heavy atom. The zero-order valence-electron chi connectivity index (χ0n) is 11.6. The van der Waals surface area contributed by atoms with E-state index in [0.29, 0.717) is 5.92 Å². The molecule has 1 aliphatic carbocycles. The maximum absolute atomic E-state index is 6.52. The molecule has 102 valence electrons. The smallest absolute Gasteiger partial charge is 0.157 e. The van der Waals surface area contributed by atoms with Gasteiger partial charge in [0, 0.05) is 23.2 Å². The molecule has 0 atom stereocenters. The molecule has 2 aromatic heterocycles. The molecule has 0 spiro atoms. The molecule has 0 bridgehead atoms. The van der Waals surface area contributed by atoms with Gasteiger partial charge in [0.05, 0.1) is 5.69 Å². The van der Waals surface area contributed by atoms with E-state index in [1.165, 1.54) is 24.1 Å². The van der Waals surface area contributed by atoms with Crippen molar-refractivity contribution in [3.63, 3.8) is 0 Å². The van der Waals surface area contributed by atoms with E-state index < -0.39 is 0 Å². The van der Waals surface area contributed by atoms with E-state index in [4.69, 9.17) is 16.6 Å². The number of fused-ring (bicyclic) bond motifs is 2. The molecule has 0 fully saturated rings. The van der Waals surface area contributed by atoms with Crippen molar-refractivity contribution in [3.8, 4) is 0 Å². The van der Waals surface area contributed by atoms with E-state index in [1.807, 2.05) is 4.52 Å². The average Bonchev–Trinajstić information content (AvgIpc) is 2.84. The first kappa shape index (κ1) is 12.9. The molecule has 0 aliphatic heterocycles. The first-order valence-corrected chi connectivity index (χ1v) is 7.69. The summed E-state index contributed by atoms with van der Waals surface area (Å²) in [5, 5.41) is 5.46. The molecule has 3 rings (SSSR count). The van der Waals surface area contributed by atoms with Gasteiger partial charge in [-0.15, -0.1) is 0 Å². The predicted octanol–water partition coefficient (Wildman–Crippen LogP) is 4.17. The second-order valence-corrected chi connectivity index (χ2v) is 5.75. The van der Waals surface area contributed by atoms with Crippen LogP contribution < -0.4 is 0 Å². The van der Waals surface area contributed by atoms with Crippen LogP contribution in [0.15, 0.2) is 6.07 Å². The SMILES string of the molecule is CCC(CC)c1cc2nc3c(c(Cl)n2n1)CCCC3. The Balaban J connectivity index is 2.14. The van der Waals surface area contributed by atoms with Crippen LogP contribution in [0, 0.1) is 0 Å². The molecule has 4 heteroatoms. The van der Waals surface area contributed by atoms with Crippen LogP contribution in [0.2, 0.25) is 5.15 Å². The summed E-state index contributed by atoms with van der Waals surface area (Å²) in [7, 11) is 0.